The smallest absolute Gasteiger partial charge is 0.159 e. The Morgan fingerprint density at radius 3 is 2.50 bits per heavy atom. The third kappa shape index (κ3) is 3.07. The van der Waals surface area contributed by atoms with Crippen molar-refractivity contribution < 1.29 is 8.78 Å². The second kappa shape index (κ2) is 5.48. The zero-order valence-electron chi connectivity index (χ0n) is 9.81. The number of aryl methyl sites for hydroxylation is 1. The van der Waals surface area contributed by atoms with Crippen molar-refractivity contribution in [2.75, 3.05) is 5.32 Å². The van der Waals surface area contributed by atoms with Gasteiger partial charge in [0.2, 0.25) is 0 Å². The van der Waals surface area contributed by atoms with E-state index in [-0.39, 0.29) is 0 Å². The number of hydrogen-bond donors (Lipinski definition) is 1. The summed E-state index contributed by atoms with van der Waals surface area (Å²) in [6.45, 7) is 2.45. The fourth-order valence-electron chi connectivity index (χ4n) is 1.61. The summed E-state index contributed by atoms with van der Waals surface area (Å²) in [5.41, 5.74) is 2.77. The van der Waals surface area contributed by atoms with Crippen LogP contribution in [-0.4, -0.2) is 0 Å². The van der Waals surface area contributed by atoms with Crippen LogP contribution >= 0.6 is 15.9 Å². The van der Waals surface area contributed by atoms with E-state index < -0.39 is 11.6 Å². The summed E-state index contributed by atoms with van der Waals surface area (Å²) < 4.78 is 26.7. The minimum Gasteiger partial charge on any atom is -0.380 e. The standard InChI is InChI=1S/C14H12BrF2N/c1-9-2-5-14(11(15)6-9)18-8-10-3-4-12(16)13(17)7-10/h2-7,18H,8H2,1H3. The molecule has 0 aliphatic rings. The molecule has 4 heteroatoms. The molecule has 0 saturated heterocycles. The first-order valence-electron chi connectivity index (χ1n) is 5.50. The highest BCUT2D eigenvalue weighted by Crippen LogP contribution is 2.24. The van der Waals surface area contributed by atoms with Crippen LogP contribution in [0.15, 0.2) is 40.9 Å². The van der Waals surface area contributed by atoms with Gasteiger partial charge in [0.05, 0.1) is 0 Å². The van der Waals surface area contributed by atoms with Gasteiger partial charge < -0.3 is 5.32 Å². The van der Waals surface area contributed by atoms with Crippen molar-refractivity contribution in [2.24, 2.45) is 0 Å². The van der Waals surface area contributed by atoms with Crippen LogP contribution in [0.2, 0.25) is 0 Å². The van der Waals surface area contributed by atoms with Gasteiger partial charge in [0, 0.05) is 16.7 Å². The molecule has 0 aromatic heterocycles. The minimum atomic E-state index is -0.824. The molecule has 2 aromatic rings. The number of anilines is 1. The maximum absolute atomic E-state index is 13.0. The molecule has 0 radical (unpaired) electrons. The zero-order valence-corrected chi connectivity index (χ0v) is 11.4. The maximum atomic E-state index is 13.0. The summed E-state index contributed by atoms with van der Waals surface area (Å²) in [7, 11) is 0. The molecule has 0 saturated carbocycles. The molecule has 0 spiro atoms. The fraction of sp³-hybridized carbons (Fsp3) is 0.143. The van der Waals surface area contributed by atoms with Gasteiger partial charge in [-0.25, -0.2) is 8.78 Å². The van der Waals surface area contributed by atoms with Crippen LogP contribution in [0, 0.1) is 18.6 Å². The molecule has 0 atom stereocenters. The second-order valence-electron chi connectivity index (χ2n) is 4.09. The van der Waals surface area contributed by atoms with E-state index in [1.54, 1.807) is 6.07 Å². The molecule has 0 heterocycles. The van der Waals surface area contributed by atoms with E-state index >= 15 is 0 Å². The van der Waals surface area contributed by atoms with Crippen LogP contribution < -0.4 is 5.32 Å². The number of rotatable bonds is 3. The number of nitrogens with one attached hydrogen (secondary N) is 1. The summed E-state index contributed by atoms with van der Waals surface area (Å²) in [5.74, 6) is -1.65. The lowest BCUT2D eigenvalue weighted by Crippen LogP contribution is -2.01. The molecule has 0 aliphatic heterocycles. The second-order valence-corrected chi connectivity index (χ2v) is 4.94. The summed E-state index contributed by atoms with van der Waals surface area (Å²) in [4.78, 5) is 0. The Bertz CT molecular complexity index is 570. The Morgan fingerprint density at radius 1 is 1.06 bits per heavy atom. The highest BCUT2D eigenvalue weighted by Gasteiger charge is 2.03. The van der Waals surface area contributed by atoms with E-state index in [1.165, 1.54) is 6.07 Å². The van der Waals surface area contributed by atoms with Gasteiger partial charge in [-0.2, -0.15) is 0 Å². The fourth-order valence-corrected chi connectivity index (χ4v) is 2.24. The van der Waals surface area contributed by atoms with Gasteiger partial charge in [0.1, 0.15) is 0 Å². The van der Waals surface area contributed by atoms with Crippen LogP contribution in [0.1, 0.15) is 11.1 Å². The molecular formula is C14H12BrF2N. The lowest BCUT2D eigenvalue weighted by atomic mass is 10.2. The van der Waals surface area contributed by atoms with Crippen LogP contribution in [0.4, 0.5) is 14.5 Å². The van der Waals surface area contributed by atoms with Crippen LogP contribution in [-0.2, 0) is 6.54 Å². The lowest BCUT2D eigenvalue weighted by Gasteiger charge is -2.09. The van der Waals surface area contributed by atoms with E-state index in [1.807, 2.05) is 25.1 Å². The Morgan fingerprint density at radius 2 is 1.83 bits per heavy atom. The van der Waals surface area contributed by atoms with E-state index in [0.717, 1.165) is 21.8 Å². The quantitative estimate of drug-likeness (QED) is 0.870. The van der Waals surface area contributed by atoms with Gasteiger partial charge in [-0.15, -0.1) is 0 Å². The Balaban J connectivity index is 2.09. The molecule has 0 bridgehead atoms. The van der Waals surface area contributed by atoms with Crippen molar-refractivity contribution >= 4 is 21.6 Å². The summed E-state index contributed by atoms with van der Waals surface area (Å²) >= 11 is 3.45. The number of benzene rings is 2. The van der Waals surface area contributed by atoms with Crippen molar-refractivity contribution in [3.8, 4) is 0 Å². The number of hydrogen-bond acceptors (Lipinski definition) is 1. The average Bonchev–Trinajstić information content (AvgIpc) is 2.32. The summed E-state index contributed by atoms with van der Waals surface area (Å²) in [6, 6.07) is 9.82. The van der Waals surface area contributed by atoms with E-state index in [4.69, 9.17) is 0 Å². The lowest BCUT2D eigenvalue weighted by molar-refractivity contribution is 0.507. The van der Waals surface area contributed by atoms with Crippen molar-refractivity contribution in [1.29, 1.82) is 0 Å². The van der Waals surface area contributed by atoms with Gasteiger partial charge >= 0.3 is 0 Å². The first-order chi connectivity index (χ1) is 8.56. The first-order valence-corrected chi connectivity index (χ1v) is 6.29. The highest BCUT2D eigenvalue weighted by atomic mass is 79.9. The molecular weight excluding hydrogens is 300 g/mol. The van der Waals surface area contributed by atoms with E-state index in [9.17, 15) is 8.78 Å². The van der Waals surface area contributed by atoms with Crippen molar-refractivity contribution in [3.63, 3.8) is 0 Å². The minimum absolute atomic E-state index is 0.443. The first kappa shape index (κ1) is 13.0. The maximum Gasteiger partial charge on any atom is 0.159 e. The molecule has 18 heavy (non-hydrogen) atoms. The topological polar surface area (TPSA) is 12.0 Å². The third-order valence-electron chi connectivity index (χ3n) is 2.59. The van der Waals surface area contributed by atoms with Gasteiger partial charge in [-0.05, 0) is 58.2 Å². The highest BCUT2D eigenvalue weighted by molar-refractivity contribution is 9.10. The summed E-state index contributed by atoms with van der Waals surface area (Å²) in [5, 5.41) is 3.17. The van der Waals surface area contributed by atoms with Gasteiger partial charge in [-0.1, -0.05) is 12.1 Å². The molecule has 1 N–H and O–H groups in total. The number of halogens is 3. The van der Waals surface area contributed by atoms with Crippen LogP contribution in [0.5, 0.6) is 0 Å². The predicted molar refractivity (Wildman–Crippen MR) is 72.6 cm³/mol. The molecule has 0 aliphatic carbocycles. The SMILES string of the molecule is Cc1ccc(NCc2ccc(F)c(F)c2)c(Br)c1. The van der Waals surface area contributed by atoms with Gasteiger partial charge in [-0.3, -0.25) is 0 Å². The largest absolute Gasteiger partial charge is 0.380 e. The van der Waals surface area contributed by atoms with Crippen molar-refractivity contribution in [3.05, 3.63) is 63.6 Å². The Labute approximate surface area is 113 Å². The monoisotopic (exact) mass is 311 g/mol. The molecule has 0 fully saturated rings. The van der Waals surface area contributed by atoms with E-state index in [2.05, 4.69) is 21.2 Å². The van der Waals surface area contributed by atoms with Gasteiger partial charge in [0.25, 0.3) is 0 Å². The molecule has 2 rings (SSSR count). The Hall–Kier alpha value is -1.42. The van der Waals surface area contributed by atoms with Crippen molar-refractivity contribution in [2.45, 2.75) is 13.5 Å². The molecule has 0 unspecified atom stereocenters. The summed E-state index contributed by atoms with van der Waals surface area (Å²) in [6.07, 6.45) is 0. The van der Waals surface area contributed by atoms with E-state index in [0.29, 0.717) is 12.1 Å². The average molecular weight is 312 g/mol. The van der Waals surface area contributed by atoms with Gasteiger partial charge in [0.15, 0.2) is 11.6 Å². The normalized spacial score (nSPS) is 10.4. The predicted octanol–water partition coefficient (Wildman–Crippen LogP) is 4.65. The molecule has 2 aromatic carbocycles. The van der Waals surface area contributed by atoms with Crippen LogP contribution in [0.3, 0.4) is 0 Å². The molecule has 0 amide bonds. The van der Waals surface area contributed by atoms with Crippen LogP contribution in [0.25, 0.3) is 0 Å². The Kier molecular flexibility index (Phi) is 3.97. The zero-order chi connectivity index (χ0) is 13.1. The third-order valence-corrected chi connectivity index (χ3v) is 3.25. The van der Waals surface area contributed by atoms with Crippen molar-refractivity contribution in [1.82, 2.24) is 0 Å². The molecule has 1 nitrogen and oxygen atoms in total. The molecule has 94 valence electrons.